The van der Waals surface area contributed by atoms with Crippen molar-refractivity contribution >= 4 is 31.0 Å². The molecule has 2 aromatic rings. The van der Waals surface area contributed by atoms with E-state index in [4.69, 9.17) is 16.7 Å². The first-order chi connectivity index (χ1) is 8.79. The largest absolute Gasteiger partial charge is 0.478 e. The molecule has 5 nitrogen and oxygen atoms in total. The second kappa shape index (κ2) is 4.79. The Morgan fingerprint density at radius 3 is 2.47 bits per heavy atom. The van der Waals surface area contributed by atoms with Gasteiger partial charge < -0.3 is 5.11 Å². The van der Waals surface area contributed by atoms with E-state index in [-0.39, 0.29) is 10.7 Å². The first kappa shape index (κ1) is 13.8. The standard InChI is InChI=1S/C12H14ClN3O2Si/c1-19(2,3)10-6-7-16(15-10)9-5-4-8(12(17)18)11(13)14-9/h4-7H,1-3H3,(H,17,18). The lowest BCUT2D eigenvalue weighted by molar-refractivity contribution is 0.0696. The maximum absolute atomic E-state index is 10.9. The lowest BCUT2D eigenvalue weighted by Gasteiger charge is -2.11. The zero-order chi connectivity index (χ0) is 14.2. The average Bonchev–Trinajstić information content (AvgIpc) is 2.76. The topological polar surface area (TPSA) is 68.0 Å². The quantitative estimate of drug-likeness (QED) is 0.696. The van der Waals surface area contributed by atoms with Crippen molar-refractivity contribution < 1.29 is 9.90 Å². The molecule has 0 aliphatic heterocycles. The van der Waals surface area contributed by atoms with Crippen LogP contribution in [0, 0.1) is 0 Å². The van der Waals surface area contributed by atoms with Crippen molar-refractivity contribution in [3.8, 4) is 5.82 Å². The fourth-order valence-electron chi connectivity index (χ4n) is 1.56. The van der Waals surface area contributed by atoms with Crippen LogP contribution in [0.15, 0.2) is 24.4 Å². The molecule has 0 amide bonds. The third kappa shape index (κ3) is 2.85. The van der Waals surface area contributed by atoms with E-state index in [0.717, 1.165) is 5.32 Å². The number of nitrogens with zero attached hydrogens (tertiary/aromatic N) is 3. The Balaban J connectivity index is 2.40. The van der Waals surface area contributed by atoms with Gasteiger partial charge in [0.2, 0.25) is 0 Å². The van der Waals surface area contributed by atoms with E-state index in [1.165, 1.54) is 6.07 Å². The van der Waals surface area contributed by atoms with Gasteiger partial charge >= 0.3 is 5.97 Å². The number of halogens is 1. The van der Waals surface area contributed by atoms with E-state index in [2.05, 4.69) is 29.7 Å². The summed E-state index contributed by atoms with van der Waals surface area (Å²) in [5.41, 5.74) is -0.0111. The molecule has 2 rings (SSSR count). The number of carbonyl (C=O) groups is 1. The van der Waals surface area contributed by atoms with Gasteiger partial charge in [0, 0.05) is 11.5 Å². The number of rotatable bonds is 3. The van der Waals surface area contributed by atoms with Crippen LogP contribution in [0.4, 0.5) is 0 Å². The summed E-state index contributed by atoms with van der Waals surface area (Å²) in [4.78, 5) is 14.9. The van der Waals surface area contributed by atoms with Gasteiger partial charge in [-0.2, -0.15) is 5.10 Å². The van der Waals surface area contributed by atoms with Gasteiger partial charge in [-0.3, -0.25) is 0 Å². The van der Waals surface area contributed by atoms with Crippen LogP contribution in [0.5, 0.6) is 0 Å². The highest BCUT2D eigenvalue weighted by atomic mass is 35.5. The third-order valence-electron chi connectivity index (χ3n) is 2.66. The molecular weight excluding hydrogens is 282 g/mol. The van der Waals surface area contributed by atoms with Crippen molar-refractivity contribution in [1.82, 2.24) is 14.8 Å². The predicted molar refractivity (Wildman–Crippen MR) is 76.3 cm³/mol. The molecule has 0 saturated carbocycles. The molecule has 0 aromatic carbocycles. The van der Waals surface area contributed by atoms with Gasteiger partial charge in [-0.1, -0.05) is 31.2 Å². The summed E-state index contributed by atoms with van der Waals surface area (Å²) < 4.78 is 1.62. The van der Waals surface area contributed by atoms with Crippen molar-refractivity contribution in [2.75, 3.05) is 0 Å². The number of aromatic carboxylic acids is 1. The summed E-state index contributed by atoms with van der Waals surface area (Å²) in [7, 11) is -1.47. The van der Waals surface area contributed by atoms with E-state index >= 15 is 0 Å². The molecule has 0 fully saturated rings. The Bertz CT molecular complexity index is 634. The lowest BCUT2D eigenvalue weighted by Crippen LogP contribution is -2.39. The van der Waals surface area contributed by atoms with Crippen LogP contribution in [0.2, 0.25) is 24.8 Å². The molecule has 0 aliphatic rings. The number of hydrogen-bond acceptors (Lipinski definition) is 3. The van der Waals surface area contributed by atoms with Gasteiger partial charge in [-0.05, 0) is 18.2 Å². The smallest absolute Gasteiger partial charge is 0.338 e. The van der Waals surface area contributed by atoms with Crippen molar-refractivity contribution in [2.45, 2.75) is 19.6 Å². The van der Waals surface area contributed by atoms with Crippen LogP contribution >= 0.6 is 11.6 Å². The molecule has 19 heavy (non-hydrogen) atoms. The average molecular weight is 296 g/mol. The fourth-order valence-corrected chi connectivity index (χ4v) is 2.78. The van der Waals surface area contributed by atoms with Gasteiger partial charge in [-0.25, -0.2) is 14.5 Å². The van der Waals surface area contributed by atoms with Gasteiger partial charge in [0.15, 0.2) is 5.82 Å². The molecule has 2 heterocycles. The highest BCUT2D eigenvalue weighted by Crippen LogP contribution is 2.15. The maximum atomic E-state index is 10.9. The second-order valence-electron chi connectivity index (χ2n) is 5.21. The molecule has 2 aromatic heterocycles. The molecule has 1 N–H and O–H groups in total. The lowest BCUT2D eigenvalue weighted by atomic mass is 10.3. The van der Waals surface area contributed by atoms with E-state index < -0.39 is 14.0 Å². The molecule has 0 atom stereocenters. The number of pyridine rings is 1. The maximum Gasteiger partial charge on any atom is 0.338 e. The number of carboxylic acid groups (broad SMARTS) is 1. The summed E-state index contributed by atoms with van der Waals surface area (Å²) in [6, 6.07) is 4.99. The summed E-state index contributed by atoms with van der Waals surface area (Å²) in [5, 5.41) is 14.4. The highest BCUT2D eigenvalue weighted by Gasteiger charge is 2.20. The van der Waals surface area contributed by atoms with Crippen LogP contribution in [0.3, 0.4) is 0 Å². The second-order valence-corrected chi connectivity index (χ2v) is 10.6. The van der Waals surface area contributed by atoms with Gasteiger partial charge in [0.05, 0.1) is 5.56 Å². The minimum Gasteiger partial charge on any atom is -0.478 e. The Hall–Kier alpha value is -1.66. The highest BCUT2D eigenvalue weighted by molar-refractivity contribution is 6.88. The molecule has 0 spiro atoms. The fraction of sp³-hybridized carbons (Fsp3) is 0.250. The van der Waals surface area contributed by atoms with Crippen molar-refractivity contribution in [3.05, 3.63) is 35.1 Å². The number of carboxylic acids is 1. The molecule has 0 radical (unpaired) electrons. The van der Waals surface area contributed by atoms with Crippen molar-refractivity contribution in [1.29, 1.82) is 0 Å². The monoisotopic (exact) mass is 295 g/mol. The molecule has 0 aliphatic carbocycles. The molecule has 7 heteroatoms. The van der Waals surface area contributed by atoms with Crippen LogP contribution < -0.4 is 5.32 Å². The van der Waals surface area contributed by atoms with Gasteiger partial charge in [0.1, 0.15) is 13.2 Å². The van der Waals surface area contributed by atoms with Crippen molar-refractivity contribution in [3.63, 3.8) is 0 Å². The summed E-state index contributed by atoms with van der Waals surface area (Å²) in [5.74, 6) is -0.577. The van der Waals surface area contributed by atoms with Gasteiger partial charge in [0.25, 0.3) is 0 Å². The normalized spacial score (nSPS) is 11.6. The predicted octanol–water partition coefficient (Wildman–Crippen LogP) is 2.16. The SMILES string of the molecule is C[Si](C)(C)c1ccn(-c2ccc(C(=O)O)c(Cl)n2)n1. The van der Waals surface area contributed by atoms with E-state index in [1.54, 1.807) is 10.7 Å². The molecule has 0 bridgehead atoms. The Morgan fingerprint density at radius 1 is 1.32 bits per heavy atom. The van der Waals surface area contributed by atoms with Crippen LogP contribution in [0.25, 0.3) is 5.82 Å². The van der Waals surface area contributed by atoms with Crippen LogP contribution in [-0.4, -0.2) is 33.9 Å². The molecule has 100 valence electrons. The number of aromatic nitrogens is 3. The molecular formula is C12H14ClN3O2Si. The Labute approximate surface area is 116 Å². The summed E-state index contributed by atoms with van der Waals surface area (Å²) in [6.07, 6.45) is 1.81. The zero-order valence-corrected chi connectivity index (χ0v) is 12.6. The minimum atomic E-state index is -1.47. The number of hydrogen-bond donors (Lipinski definition) is 1. The van der Waals surface area contributed by atoms with Gasteiger partial charge in [-0.15, -0.1) is 0 Å². The Kier molecular flexibility index (Phi) is 3.47. The Morgan fingerprint density at radius 2 is 2.00 bits per heavy atom. The van der Waals surface area contributed by atoms with E-state index in [0.29, 0.717) is 5.82 Å². The molecule has 0 unspecified atom stereocenters. The molecule has 0 saturated heterocycles. The van der Waals surface area contributed by atoms with E-state index in [9.17, 15) is 4.79 Å². The van der Waals surface area contributed by atoms with Crippen LogP contribution in [0.1, 0.15) is 10.4 Å². The first-order valence-corrected chi connectivity index (χ1v) is 9.63. The van der Waals surface area contributed by atoms with E-state index in [1.807, 2.05) is 12.3 Å². The van der Waals surface area contributed by atoms with Crippen molar-refractivity contribution in [2.24, 2.45) is 0 Å². The minimum absolute atomic E-state index is 0.0111. The third-order valence-corrected chi connectivity index (χ3v) is 4.75. The van der Waals surface area contributed by atoms with Crippen LogP contribution in [-0.2, 0) is 0 Å². The summed E-state index contributed by atoms with van der Waals surface area (Å²) in [6.45, 7) is 6.61. The zero-order valence-electron chi connectivity index (χ0n) is 10.9. The first-order valence-electron chi connectivity index (χ1n) is 5.75. The summed E-state index contributed by atoms with van der Waals surface area (Å²) >= 11 is 5.85.